The van der Waals surface area contributed by atoms with Crippen molar-refractivity contribution in [2.45, 2.75) is 13.8 Å². The lowest BCUT2D eigenvalue weighted by atomic mass is 10.1. The first kappa shape index (κ1) is 19.7. The minimum absolute atomic E-state index is 0.286. The van der Waals surface area contributed by atoms with E-state index in [1.54, 1.807) is 43.5 Å². The molecule has 0 bridgehead atoms. The van der Waals surface area contributed by atoms with Crippen molar-refractivity contribution in [1.29, 1.82) is 0 Å². The van der Waals surface area contributed by atoms with Crippen LogP contribution < -0.4 is 10.1 Å². The molecule has 0 unspecified atom stereocenters. The number of nitrogens with one attached hydrogen (secondary N) is 1. The summed E-state index contributed by atoms with van der Waals surface area (Å²) in [6.45, 7) is 3.61. The maximum absolute atomic E-state index is 12.5. The molecule has 1 heterocycles. The molecule has 0 radical (unpaired) electrons. The van der Waals surface area contributed by atoms with E-state index in [9.17, 15) is 14.4 Å². The zero-order valence-electron chi connectivity index (χ0n) is 15.8. The minimum atomic E-state index is -0.471. The molecule has 0 spiro atoms. The largest absolute Gasteiger partial charge is 0.497 e. The molecule has 1 aliphatic rings. The molecule has 2 aromatic carbocycles. The van der Waals surface area contributed by atoms with E-state index in [2.05, 4.69) is 5.32 Å². The second-order valence-corrected chi connectivity index (χ2v) is 7.38. The zero-order valence-corrected chi connectivity index (χ0v) is 16.6. The Morgan fingerprint density at radius 3 is 2.46 bits per heavy atom. The lowest BCUT2D eigenvalue weighted by molar-refractivity contribution is -0.127. The SMILES string of the molecule is COc1ccc(C=C2SC(=O)N(CC(=O)Nc3ccc(C)c(C)c3)C2=O)cc1. The second-order valence-electron chi connectivity index (χ2n) is 6.39. The number of aryl methyl sites for hydroxylation is 2. The van der Waals surface area contributed by atoms with Crippen molar-refractivity contribution in [3.8, 4) is 5.75 Å². The van der Waals surface area contributed by atoms with E-state index in [1.165, 1.54) is 0 Å². The Labute approximate surface area is 167 Å². The smallest absolute Gasteiger partial charge is 0.294 e. The molecular weight excluding hydrogens is 376 g/mol. The summed E-state index contributed by atoms with van der Waals surface area (Å²) in [6.07, 6.45) is 1.63. The van der Waals surface area contributed by atoms with E-state index in [0.29, 0.717) is 11.4 Å². The summed E-state index contributed by atoms with van der Waals surface area (Å²) in [6, 6.07) is 12.7. The molecule has 28 heavy (non-hydrogen) atoms. The van der Waals surface area contributed by atoms with Gasteiger partial charge in [-0.2, -0.15) is 0 Å². The molecule has 0 aliphatic carbocycles. The van der Waals surface area contributed by atoms with Crippen LogP contribution in [-0.2, 0) is 9.59 Å². The highest BCUT2D eigenvalue weighted by Gasteiger charge is 2.36. The molecule has 3 rings (SSSR count). The number of methoxy groups -OCH3 is 1. The van der Waals surface area contributed by atoms with Crippen LogP contribution in [-0.4, -0.2) is 35.6 Å². The second kappa shape index (κ2) is 8.31. The number of nitrogens with zero attached hydrogens (tertiary/aromatic N) is 1. The zero-order chi connectivity index (χ0) is 20.3. The van der Waals surface area contributed by atoms with Gasteiger partial charge in [-0.05, 0) is 72.6 Å². The molecular formula is C21H20N2O4S. The lowest BCUT2D eigenvalue weighted by Gasteiger charge is -2.13. The molecule has 1 N–H and O–H groups in total. The fourth-order valence-corrected chi connectivity index (χ4v) is 3.49. The molecule has 144 valence electrons. The van der Waals surface area contributed by atoms with Crippen molar-refractivity contribution in [2.75, 3.05) is 19.0 Å². The van der Waals surface area contributed by atoms with Crippen LogP contribution in [0.15, 0.2) is 47.4 Å². The number of carbonyl (C=O) groups is 3. The van der Waals surface area contributed by atoms with Crippen molar-refractivity contribution >= 4 is 40.6 Å². The van der Waals surface area contributed by atoms with Crippen LogP contribution in [0, 0.1) is 13.8 Å². The lowest BCUT2D eigenvalue weighted by Crippen LogP contribution is -2.36. The van der Waals surface area contributed by atoms with E-state index in [-0.39, 0.29) is 11.4 Å². The maximum Gasteiger partial charge on any atom is 0.294 e. The summed E-state index contributed by atoms with van der Waals surface area (Å²) in [7, 11) is 1.57. The van der Waals surface area contributed by atoms with Crippen molar-refractivity contribution in [2.24, 2.45) is 0 Å². The first-order chi connectivity index (χ1) is 13.4. The molecule has 2 aromatic rings. The number of benzene rings is 2. The quantitative estimate of drug-likeness (QED) is 0.774. The van der Waals surface area contributed by atoms with Gasteiger partial charge in [0.25, 0.3) is 11.1 Å². The predicted molar refractivity (Wildman–Crippen MR) is 110 cm³/mol. The van der Waals surface area contributed by atoms with E-state index in [0.717, 1.165) is 33.4 Å². The number of hydrogen-bond donors (Lipinski definition) is 1. The summed E-state index contributed by atoms with van der Waals surface area (Å²) in [5.41, 5.74) is 3.57. The monoisotopic (exact) mass is 396 g/mol. The van der Waals surface area contributed by atoms with E-state index in [1.807, 2.05) is 26.0 Å². The number of carbonyl (C=O) groups excluding carboxylic acids is 3. The van der Waals surface area contributed by atoms with Crippen molar-refractivity contribution in [3.63, 3.8) is 0 Å². The van der Waals surface area contributed by atoms with E-state index < -0.39 is 17.1 Å². The van der Waals surface area contributed by atoms with E-state index >= 15 is 0 Å². The van der Waals surface area contributed by atoms with Crippen LogP contribution in [0.2, 0.25) is 0 Å². The van der Waals surface area contributed by atoms with Gasteiger partial charge >= 0.3 is 0 Å². The molecule has 0 saturated carbocycles. The van der Waals surface area contributed by atoms with Crippen molar-refractivity contribution in [1.82, 2.24) is 4.90 Å². The van der Waals surface area contributed by atoms with Crippen LogP contribution in [0.3, 0.4) is 0 Å². The Kier molecular flexibility index (Phi) is 5.84. The predicted octanol–water partition coefficient (Wildman–Crippen LogP) is 3.99. The van der Waals surface area contributed by atoms with Gasteiger partial charge in [0.15, 0.2) is 0 Å². The first-order valence-corrected chi connectivity index (χ1v) is 9.45. The standard InChI is InChI=1S/C21H20N2O4S/c1-13-4-7-16(10-14(13)2)22-19(24)12-23-20(25)18(28-21(23)26)11-15-5-8-17(27-3)9-6-15/h4-11H,12H2,1-3H3,(H,22,24). The van der Waals surface area contributed by atoms with Crippen LogP contribution in [0.5, 0.6) is 5.75 Å². The molecule has 6 nitrogen and oxygen atoms in total. The molecule has 1 saturated heterocycles. The molecule has 3 amide bonds. The van der Waals surface area contributed by atoms with Crippen LogP contribution in [0.1, 0.15) is 16.7 Å². The Morgan fingerprint density at radius 2 is 1.82 bits per heavy atom. The summed E-state index contributed by atoms with van der Waals surface area (Å²) >= 11 is 0.827. The van der Waals surface area contributed by atoms with Gasteiger partial charge in [-0.1, -0.05) is 18.2 Å². The summed E-state index contributed by atoms with van der Waals surface area (Å²) < 4.78 is 5.10. The summed E-state index contributed by atoms with van der Waals surface area (Å²) in [5, 5.41) is 2.27. The number of rotatable bonds is 5. The van der Waals surface area contributed by atoms with Gasteiger partial charge in [0, 0.05) is 5.69 Å². The van der Waals surface area contributed by atoms with Gasteiger partial charge < -0.3 is 10.1 Å². The Balaban J connectivity index is 1.68. The number of ether oxygens (including phenoxy) is 1. The normalized spacial score (nSPS) is 15.2. The third-order valence-corrected chi connectivity index (χ3v) is 5.29. The van der Waals surface area contributed by atoms with Crippen LogP contribution in [0.4, 0.5) is 10.5 Å². The van der Waals surface area contributed by atoms with Gasteiger partial charge in [0.2, 0.25) is 5.91 Å². The Hall–Kier alpha value is -3.06. The molecule has 1 aliphatic heterocycles. The molecule has 1 fully saturated rings. The molecule has 0 atom stereocenters. The topological polar surface area (TPSA) is 75.7 Å². The Bertz CT molecular complexity index is 967. The highest BCUT2D eigenvalue weighted by Crippen LogP contribution is 2.32. The van der Waals surface area contributed by atoms with Crippen LogP contribution in [0.25, 0.3) is 6.08 Å². The van der Waals surface area contributed by atoms with Gasteiger partial charge in [0.1, 0.15) is 12.3 Å². The number of imide groups is 1. The fourth-order valence-electron chi connectivity index (χ4n) is 2.65. The highest BCUT2D eigenvalue weighted by atomic mass is 32.2. The number of amides is 3. The fraction of sp³-hybridized carbons (Fsp3) is 0.190. The van der Waals surface area contributed by atoms with Crippen molar-refractivity contribution in [3.05, 3.63) is 64.1 Å². The van der Waals surface area contributed by atoms with Crippen molar-refractivity contribution < 1.29 is 19.1 Å². The van der Waals surface area contributed by atoms with Gasteiger partial charge in [0.05, 0.1) is 12.0 Å². The average molecular weight is 396 g/mol. The summed E-state index contributed by atoms with van der Waals surface area (Å²) in [5.74, 6) is -0.189. The van der Waals surface area contributed by atoms with Gasteiger partial charge in [-0.3, -0.25) is 19.3 Å². The molecule has 0 aromatic heterocycles. The third kappa shape index (κ3) is 4.43. The third-order valence-electron chi connectivity index (χ3n) is 4.38. The van der Waals surface area contributed by atoms with Gasteiger partial charge in [-0.15, -0.1) is 0 Å². The first-order valence-electron chi connectivity index (χ1n) is 8.64. The Morgan fingerprint density at radius 1 is 1.11 bits per heavy atom. The number of anilines is 1. The number of hydrogen-bond acceptors (Lipinski definition) is 5. The molecule has 7 heteroatoms. The highest BCUT2D eigenvalue weighted by molar-refractivity contribution is 8.18. The van der Waals surface area contributed by atoms with Gasteiger partial charge in [-0.25, -0.2) is 0 Å². The summed E-state index contributed by atoms with van der Waals surface area (Å²) in [4.78, 5) is 38.3. The van der Waals surface area contributed by atoms with E-state index in [4.69, 9.17) is 4.74 Å². The van der Waals surface area contributed by atoms with Crippen LogP contribution >= 0.6 is 11.8 Å². The maximum atomic E-state index is 12.5. The minimum Gasteiger partial charge on any atom is -0.497 e. The average Bonchev–Trinajstić information content (AvgIpc) is 2.93. The number of thioether (sulfide) groups is 1.